The number of likely N-dealkylation sites (N-methyl/N-ethyl adjacent to an activating group) is 1. The number of nitrogens with zero attached hydrogens (tertiary/aromatic N) is 6. The minimum absolute atomic E-state index is 0.0636. The number of urea groups is 1. The summed E-state index contributed by atoms with van der Waals surface area (Å²) in [5.41, 5.74) is 1.43. The highest BCUT2D eigenvalue weighted by Gasteiger charge is 2.46. The van der Waals surface area contributed by atoms with Crippen molar-refractivity contribution in [1.82, 2.24) is 34.9 Å². The Hall–Kier alpha value is -2.88. The van der Waals surface area contributed by atoms with E-state index in [2.05, 4.69) is 65.1 Å². The van der Waals surface area contributed by atoms with Crippen molar-refractivity contribution in [2.75, 3.05) is 32.1 Å². The van der Waals surface area contributed by atoms with Crippen LogP contribution in [-0.4, -0.2) is 79.7 Å². The van der Waals surface area contributed by atoms with E-state index in [1.807, 2.05) is 16.7 Å². The number of nitrogens with one attached hydrogen (secondary N) is 2. The quantitative estimate of drug-likeness (QED) is 0.771. The van der Waals surface area contributed by atoms with Crippen molar-refractivity contribution >= 4 is 17.7 Å². The maximum atomic E-state index is 13.6. The van der Waals surface area contributed by atoms with Crippen molar-refractivity contribution in [2.45, 2.75) is 58.8 Å². The molecule has 0 aliphatic carbocycles. The van der Waals surface area contributed by atoms with E-state index in [4.69, 9.17) is 4.74 Å². The van der Waals surface area contributed by atoms with Crippen LogP contribution in [-0.2, 0) is 12.1 Å². The zero-order valence-corrected chi connectivity index (χ0v) is 19.1. The van der Waals surface area contributed by atoms with Crippen LogP contribution in [0.15, 0.2) is 12.3 Å². The SMILES string of the molecule is CCOc1nccc(Nc2n[nH]c3c2CN(C(=O)N2C[C@@H](C)N(C)C[C@H]2C)C3(C)C)n1. The van der Waals surface area contributed by atoms with Gasteiger partial charge >= 0.3 is 12.0 Å². The Kier molecular flexibility index (Phi) is 5.50. The van der Waals surface area contributed by atoms with Crippen molar-refractivity contribution in [3.8, 4) is 6.01 Å². The Morgan fingerprint density at radius 1 is 1.32 bits per heavy atom. The standard InChI is InChI=1S/C21H32N8O2/c1-7-31-19-22-9-8-16(24-19)23-18-15-12-29(21(4,5)17(15)25-26-18)20(30)28-11-13(2)27(6)10-14(28)3/h8-9,13-14H,7,10-12H2,1-6H3,(H2,22,23,24,25,26)/t13-,14-/m1/s1. The topological polar surface area (TPSA) is 103 Å². The fourth-order valence-corrected chi connectivity index (χ4v) is 4.38. The van der Waals surface area contributed by atoms with E-state index in [0.29, 0.717) is 36.8 Å². The number of aromatic amines is 1. The third-order valence-corrected chi connectivity index (χ3v) is 6.40. The fraction of sp³-hybridized carbons (Fsp3) is 0.619. The molecule has 1 saturated heterocycles. The number of amides is 2. The summed E-state index contributed by atoms with van der Waals surface area (Å²) in [6, 6.07) is 2.64. The number of aromatic nitrogens is 4. The average Bonchev–Trinajstić information content (AvgIpc) is 3.23. The first-order chi connectivity index (χ1) is 14.7. The third-order valence-electron chi connectivity index (χ3n) is 6.40. The Balaban J connectivity index is 1.55. The molecule has 10 nitrogen and oxygen atoms in total. The molecule has 4 heterocycles. The number of fused-ring (bicyclic) bond motifs is 1. The Labute approximate surface area is 183 Å². The molecule has 31 heavy (non-hydrogen) atoms. The van der Waals surface area contributed by atoms with Gasteiger partial charge in [-0.2, -0.15) is 10.1 Å². The summed E-state index contributed by atoms with van der Waals surface area (Å²) in [5, 5.41) is 10.8. The number of rotatable bonds is 4. The molecule has 2 aliphatic heterocycles. The molecule has 2 N–H and O–H groups in total. The number of H-pyrrole nitrogens is 1. The molecule has 0 spiro atoms. The summed E-state index contributed by atoms with van der Waals surface area (Å²) < 4.78 is 5.38. The highest BCUT2D eigenvalue weighted by molar-refractivity contribution is 5.78. The number of ether oxygens (including phenoxy) is 1. The lowest BCUT2D eigenvalue weighted by atomic mass is 10.0. The smallest absolute Gasteiger partial charge is 0.321 e. The zero-order chi connectivity index (χ0) is 22.3. The Morgan fingerprint density at radius 3 is 2.84 bits per heavy atom. The molecule has 0 aromatic carbocycles. The average molecular weight is 429 g/mol. The van der Waals surface area contributed by atoms with Gasteiger partial charge < -0.3 is 19.9 Å². The van der Waals surface area contributed by atoms with Gasteiger partial charge in [0.1, 0.15) is 5.82 Å². The van der Waals surface area contributed by atoms with Gasteiger partial charge in [-0.05, 0) is 47.7 Å². The molecule has 0 bridgehead atoms. The van der Waals surface area contributed by atoms with E-state index >= 15 is 0 Å². The molecule has 0 unspecified atom stereocenters. The molecule has 0 saturated carbocycles. The predicted octanol–water partition coefficient (Wildman–Crippen LogP) is 2.54. The van der Waals surface area contributed by atoms with E-state index < -0.39 is 5.54 Å². The summed E-state index contributed by atoms with van der Waals surface area (Å²) >= 11 is 0. The summed E-state index contributed by atoms with van der Waals surface area (Å²) in [6.45, 7) is 12.8. The molecular formula is C21H32N8O2. The molecule has 0 radical (unpaired) electrons. The van der Waals surface area contributed by atoms with Crippen molar-refractivity contribution in [3.05, 3.63) is 23.5 Å². The maximum Gasteiger partial charge on any atom is 0.321 e. The lowest BCUT2D eigenvalue weighted by Gasteiger charge is -2.45. The van der Waals surface area contributed by atoms with E-state index in [0.717, 1.165) is 24.3 Å². The number of hydrogen-bond acceptors (Lipinski definition) is 7. The molecule has 2 aromatic heterocycles. The summed E-state index contributed by atoms with van der Waals surface area (Å²) in [7, 11) is 2.11. The number of piperazine rings is 1. The van der Waals surface area contributed by atoms with Crippen LogP contribution in [0.2, 0.25) is 0 Å². The van der Waals surface area contributed by atoms with E-state index in [9.17, 15) is 4.79 Å². The lowest BCUT2D eigenvalue weighted by Crippen LogP contribution is -2.60. The minimum Gasteiger partial charge on any atom is -0.464 e. The van der Waals surface area contributed by atoms with Crippen LogP contribution in [0.4, 0.5) is 16.4 Å². The normalized spacial score (nSPS) is 23.0. The van der Waals surface area contributed by atoms with Crippen LogP contribution in [0.3, 0.4) is 0 Å². The summed E-state index contributed by atoms with van der Waals surface area (Å²) in [4.78, 5) is 28.3. The van der Waals surface area contributed by atoms with Crippen LogP contribution in [0, 0.1) is 0 Å². The largest absolute Gasteiger partial charge is 0.464 e. The van der Waals surface area contributed by atoms with Gasteiger partial charge in [-0.1, -0.05) is 0 Å². The third kappa shape index (κ3) is 3.80. The Bertz CT molecular complexity index is 959. The lowest BCUT2D eigenvalue weighted by molar-refractivity contribution is 0.0457. The van der Waals surface area contributed by atoms with Gasteiger partial charge in [-0.3, -0.25) is 10.00 Å². The number of anilines is 2. The molecule has 2 atom stereocenters. The summed E-state index contributed by atoms with van der Waals surface area (Å²) in [6.07, 6.45) is 1.64. The molecule has 4 rings (SSSR count). The van der Waals surface area contributed by atoms with Gasteiger partial charge in [0, 0.05) is 36.9 Å². The molecule has 2 aliphatic rings. The first kappa shape index (κ1) is 21.4. The predicted molar refractivity (Wildman–Crippen MR) is 117 cm³/mol. The second-order valence-electron chi connectivity index (χ2n) is 8.93. The van der Waals surface area contributed by atoms with Gasteiger partial charge in [0.2, 0.25) is 0 Å². The van der Waals surface area contributed by atoms with Crippen molar-refractivity contribution in [3.63, 3.8) is 0 Å². The minimum atomic E-state index is -0.492. The van der Waals surface area contributed by atoms with E-state index in [1.165, 1.54) is 0 Å². The van der Waals surface area contributed by atoms with Crippen molar-refractivity contribution in [1.29, 1.82) is 0 Å². The van der Waals surface area contributed by atoms with Crippen molar-refractivity contribution in [2.24, 2.45) is 0 Å². The van der Waals surface area contributed by atoms with Crippen molar-refractivity contribution < 1.29 is 9.53 Å². The van der Waals surface area contributed by atoms with Crippen LogP contribution in [0.5, 0.6) is 6.01 Å². The zero-order valence-electron chi connectivity index (χ0n) is 19.1. The first-order valence-corrected chi connectivity index (χ1v) is 10.8. The van der Waals surface area contributed by atoms with E-state index in [1.54, 1.807) is 12.3 Å². The number of carbonyl (C=O) groups excluding carboxylic acids is 1. The second kappa shape index (κ2) is 7.99. The highest BCUT2D eigenvalue weighted by atomic mass is 16.5. The van der Waals surface area contributed by atoms with Gasteiger partial charge in [0.25, 0.3) is 0 Å². The van der Waals surface area contributed by atoms with Gasteiger partial charge in [-0.25, -0.2) is 9.78 Å². The van der Waals surface area contributed by atoms with Crippen LogP contribution in [0.1, 0.15) is 45.9 Å². The molecule has 2 aromatic rings. The monoisotopic (exact) mass is 428 g/mol. The number of carbonyl (C=O) groups is 1. The van der Waals surface area contributed by atoms with Gasteiger partial charge in [-0.15, -0.1) is 0 Å². The number of hydrogen-bond donors (Lipinski definition) is 2. The summed E-state index contributed by atoms with van der Waals surface area (Å²) in [5.74, 6) is 1.26. The van der Waals surface area contributed by atoms with Gasteiger partial charge in [0.05, 0.1) is 24.4 Å². The molecule has 10 heteroatoms. The molecular weight excluding hydrogens is 396 g/mol. The Morgan fingerprint density at radius 2 is 2.10 bits per heavy atom. The first-order valence-electron chi connectivity index (χ1n) is 10.8. The second-order valence-corrected chi connectivity index (χ2v) is 8.93. The fourth-order valence-electron chi connectivity index (χ4n) is 4.38. The molecule has 168 valence electrons. The maximum absolute atomic E-state index is 13.6. The van der Waals surface area contributed by atoms with Crippen LogP contribution < -0.4 is 10.1 Å². The highest BCUT2D eigenvalue weighted by Crippen LogP contribution is 2.42. The molecule has 2 amide bonds. The van der Waals surface area contributed by atoms with Gasteiger partial charge in [0.15, 0.2) is 5.82 Å². The van der Waals surface area contributed by atoms with E-state index in [-0.39, 0.29) is 12.1 Å². The molecule has 1 fully saturated rings. The van der Waals surface area contributed by atoms with Crippen LogP contribution >= 0.6 is 0 Å². The van der Waals surface area contributed by atoms with Crippen LogP contribution in [0.25, 0.3) is 0 Å².